The smallest absolute Gasteiger partial charge is 0.154 e. The fourth-order valence-electron chi connectivity index (χ4n) is 1.19. The van der Waals surface area contributed by atoms with Crippen molar-refractivity contribution in [2.45, 2.75) is 9.79 Å². The van der Waals surface area contributed by atoms with Gasteiger partial charge in [0.1, 0.15) is 6.07 Å². The molecule has 0 unspecified atom stereocenters. The second-order valence-electron chi connectivity index (χ2n) is 3.02. The lowest BCUT2D eigenvalue weighted by Gasteiger charge is -2.02. The number of benzene rings is 1. The van der Waals surface area contributed by atoms with Gasteiger partial charge in [0, 0.05) is 20.5 Å². The molecule has 0 saturated carbocycles. The molecule has 0 fully saturated rings. The van der Waals surface area contributed by atoms with Gasteiger partial charge in [0.15, 0.2) is 5.69 Å². The molecule has 0 radical (unpaired) electrons. The van der Waals surface area contributed by atoms with E-state index in [9.17, 15) is 0 Å². The molecule has 78 valence electrons. The molecule has 4 heteroatoms. The molecule has 0 N–H and O–H groups in total. The molecule has 1 aromatic carbocycles. The number of hydrogen-bond donors (Lipinski definition) is 0. The van der Waals surface area contributed by atoms with E-state index in [4.69, 9.17) is 5.26 Å². The maximum absolute atomic E-state index is 8.91. The monoisotopic (exact) mass is 290 g/mol. The molecule has 1 heterocycles. The Labute approximate surface area is 106 Å². The minimum absolute atomic E-state index is 0.468. The van der Waals surface area contributed by atoms with Gasteiger partial charge >= 0.3 is 0 Å². The number of pyridine rings is 1. The predicted molar refractivity (Wildman–Crippen MR) is 67.2 cm³/mol. The lowest BCUT2D eigenvalue weighted by atomic mass is 10.4. The van der Waals surface area contributed by atoms with Crippen molar-refractivity contribution in [1.29, 1.82) is 5.26 Å². The summed E-state index contributed by atoms with van der Waals surface area (Å²) in [5, 5.41) is 8.91. The molecule has 16 heavy (non-hydrogen) atoms. The molecule has 0 aliphatic carbocycles. The first-order valence-corrected chi connectivity index (χ1v) is 6.19. The van der Waals surface area contributed by atoms with Crippen molar-refractivity contribution in [3.63, 3.8) is 0 Å². The van der Waals surface area contributed by atoms with Crippen molar-refractivity contribution in [1.82, 2.24) is 4.98 Å². The third kappa shape index (κ3) is 2.63. The second-order valence-corrected chi connectivity index (χ2v) is 5.05. The molecule has 2 aromatic rings. The average molecular weight is 291 g/mol. The summed E-state index contributed by atoms with van der Waals surface area (Å²) >= 11 is 4.93. The highest BCUT2D eigenvalue weighted by atomic mass is 79.9. The Morgan fingerprint density at radius 2 is 1.94 bits per heavy atom. The summed E-state index contributed by atoms with van der Waals surface area (Å²) in [6, 6.07) is 13.8. The van der Waals surface area contributed by atoms with E-state index in [-0.39, 0.29) is 0 Å². The number of hydrogen-bond acceptors (Lipinski definition) is 3. The predicted octanol–water partition coefficient (Wildman–Crippen LogP) is 3.87. The first kappa shape index (κ1) is 11.2. The highest BCUT2D eigenvalue weighted by Gasteiger charge is 2.03. The van der Waals surface area contributed by atoms with Crippen LogP contribution in [0, 0.1) is 11.3 Å². The Hall–Kier alpha value is -1.31. The van der Waals surface area contributed by atoms with Crippen molar-refractivity contribution >= 4 is 27.7 Å². The number of rotatable bonds is 2. The fourth-order valence-corrected chi connectivity index (χ4v) is 2.32. The maximum atomic E-state index is 8.91. The summed E-state index contributed by atoms with van der Waals surface area (Å²) in [5.74, 6) is 0. The lowest BCUT2D eigenvalue weighted by Crippen LogP contribution is -1.84. The van der Waals surface area contributed by atoms with Crippen LogP contribution >= 0.6 is 27.7 Å². The number of nitriles is 1. The van der Waals surface area contributed by atoms with Crippen molar-refractivity contribution in [3.8, 4) is 6.07 Å². The van der Waals surface area contributed by atoms with Gasteiger partial charge < -0.3 is 0 Å². The van der Waals surface area contributed by atoms with E-state index in [1.807, 2.05) is 36.4 Å². The molecular weight excluding hydrogens is 284 g/mol. The lowest BCUT2D eigenvalue weighted by molar-refractivity contribution is 1.17. The van der Waals surface area contributed by atoms with Crippen LogP contribution in [-0.2, 0) is 0 Å². The Bertz CT molecular complexity index is 531. The van der Waals surface area contributed by atoms with Crippen molar-refractivity contribution in [2.75, 3.05) is 0 Å². The standard InChI is InChI=1S/C12H7BrN2S/c13-9-3-5-10(6-4-9)16-12-2-1-7-15-11(12)8-14/h1-7H. The van der Waals surface area contributed by atoms with E-state index in [1.165, 1.54) is 0 Å². The number of nitrogens with zero attached hydrogens (tertiary/aromatic N) is 2. The zero-order valence-corrected chi connectivity index (χ0v) is 10.6. The van der Waals surface area contributed by atoms with E-state index in [1.54, 1.807) is 18.0 Å². The van der Waals surface area contributed by atoms with Crippen LogP contribution in [0.1, 0.15) is 5.69 Å². The van der Waals surface area contributed by atoms with Crippen LogP contribution in [0.4, 0.5) is 0 Å². The Morgan fingerprint density at radius 3 is 2.62 bits per heavy atom. The summed E-state index contributed by atoms with van der Waals surface area (Å²) in [7, 11) is 0. The minimum Gasteiger partial charge on any atom is -0.244 e. The van der Waals surface area contributed by atoms with Gasteiger partial charge in [0.25, 0.3) is 0 Å². The van der Waals surface area contributed by atoms with Gasteiger partial charge in [0.05, 0.1) is 0 Å². The van der Waals surface area contributed by atoms with Crippen molar-refractivity contribution in [3.05, 3.63) is 52.8 Å². The van der Waals surface area contributed by atoms with Gasteiger partial charge in [-0.2, -0.15) is 5.26 Å². The second kappa shape index (κ2) is 5.15. The van der Waals surface area contributed by atoms with Gasteiger partial charge in [-0.05, 0) is 36.4 Å². The fraction of sp³-hybridized carbons (Fsp3) is 0. The molecule has 0 saturated heterocycles. The zero-order chi connectivity index (χ0) is 11.4. The molecular formula is C12H7BrN2S. The maximum Gasteiger partial charge on any atom is 0.154 e. The van der Waals surface area contributed by atoms with Gasteiger partial charge in [-0.3, -0.25) is 0 Å². The summed E-state index contributed by atoms with van der Waals surface area (Å²) in [5.41, 5.74) is 0.468. The molecule has 0 bridgehead atoms. The third-order valence-electron chi connectivity index (χ3n) is 1.92. The molecule has 2 rings (SSSR count). The quantitative estimate of drug-likeness (QED) is 0.842. The van der Waals surface area contributed by atoms with E-state index in [0.29, 0.717) is 5.69 Å². The highest BCUT2D eigenvalue weighted by Crippen LogP contribution is 2.29. The normalized spacial score (nSPS) is 9.75. The largest absolute Gasteiger partial charge is 0.244 e. The Balaban J connectivity index is 2.27. The van der Waals surface area contributed by atoms with Crippen molar-refractivity contribution < 1.29 is 0 Å². The molecule has 0 amide bonds. The van der Waals surface area contributed by atoms with Gasteiger partial charge in [-0.15, -0.1) is 0 Å². The van der Waals surface area contributed by atoms with Crippen LogP contribution in [0.15, 0.2) is 56.9 Å². The van der Waals surface area contributed by atoms with Crippen LogP contribution < -0.4 is 0 Å². The summed E-state index contributed by atoms with van der Waals surface area (Å²) < 4.78 is 1.04. The molecule has 0 aliphatic heterocycles. The van der Waals surface area contributed by atoms with E-state index in [0.717, 1.165) is 14.3 Å². The van der Waals surface area contributed by atoms with E-state index in [2.05, 4.69) is 27.0 Å². The molecule has 0 aliphatic rings. The molecule has 0 atom stereocenters. The third-order valence-corrected chi connectivity index (χ3v) is 3.50. The summed E-state index contributed by atoms with van der Waals surface area (Å²) in [6.07, 6.45) is 1.63. The number of halogens is 1. The first-order valence-electron chi connectivity index (χ1n) is 4.58. The average Bonchev–Trinajstić information content (AvgIpc) is 2.33. The van der Waals surface area contributed by atoms with E-state index < -0.39 is 0 Å². The first-order chi connectivity index (χ1) is 7.79. The van der Waals surface area contributed by atoms with Gasteiger partial charge in [-0.1, -0.05) is 27.7 Å². The van der Waals surface area contributed by atoms with Crippen LogP contribution in [0.25, 0.3) is 0 Å². The zero-order valence-electron chi connectivity index (χ0n) is 8.22. The van der Waals surface area contributed by atoms with Gasteiger partial charge in [-0.25, -0.2) is 4.98 Å². The number of aromatic nitrogens is 1. The Morgan fingerprint density at radius 1 is 1.19 bits per heavy atom. The summed E-state index contributed by atoms with van der Waals surface area (Å²) in [4.78, 5) is 5.99. The Kier molecular flexibility index (Phi) is 3.60. The molecule has 1 aromatic heterocycles. The SMILES string of the molecule is N#Cc1ncccc1Sc1ccc(Br)cc1. The van der Waals surface area contributed by atoms with Crippen molar-refractivity contribution in [2.24, 2.45) is 0 Å². The summed E-state index contributed by atoms with van der Waals surface area (Å²) in [6.45, 7) is 0. The van der Waals surface area contributed by atoms with Gasteiger partial charge in [0.2, 0.25) is 0 Å². The van der Waals surface area contributed by atoms with E-state index >= 15 is 0 Å². The van der Waals surface area contributed by atoms with Crippen LogP contribution in [-0.4, -0.2) is 4.98 Å². The topological polar surface area (TPSA) is 36.7 Å². The molecule has 0 spiro atoms. The van der Waals surface area contributed by atoms with Crippen LogP contribution in [0.5, 0.6) is 0 Å². The highest BCUT2D eigenvalue weighted by molar-refractivity contribution is 9.10. The van der Waals surface area contributed by atoms with Crippen LogP contribution in [0.3, 0.4) is 0 Å². The molecule has 2 nitrogen and oxygen atoms in total. The van der Waals surface area contributed by atoms with Crippen LogP contribution in [0.2, 0.25) is 0 Å². The minimum atomic E-state index is 0.468.